The van der Waals surface area contributed by atoms with E-state index in [1.165, 1.54) is 0 Å². The van der Waals surface area contributed by atoms with Crippen LogP contribution in [0.4, 0.5) is 10.5 Å². The molecule has 0 aliphatic heterocycles. The van der Waals surface area contributed by atoms with Gasteiger partial charge in [0.05, 0.1) is 5.69 Å². The smallest absolute Gasteiger partial charge is 0.329 e. The average molecular weight is 207 g/mol. The van der Waals surface area contributed by atoms with Gasteiger partial charge in [-0.3, -0.25) is 0 Å². The monoisotopic (exact) mass is 207 g/mol. The number of anilines is 1. The Kier molecular flexibility index (Phi) is 2.09. The van der Waals surface area contributed by atoms with Gasteiger partial charge in [-0.05, 0) is 24.3 Å². The summed E-state index contributed by atoms with van der Waals surface area (Å²) in [4.78, 5) is 13.9. The van der Waals surface area contributed by atoms with E-state index in [1.54, 1.807) is 6.07 Å². The van der Waals surface area contributed by atoms with Crippen LogP contribution in [0.1, 0.15) is 0 Å². The maximum absolute atomic E-state index is 10.8. The Labute approximate surface area is 86.2 Å². The molecular weight excluding hydrogens is 198 g/mol. The van der Waals surface area contributed by atoms with Gasteiger partial charge in [-0.25, -0.2) is 9.10 Å². The molecule has 72 valence electrons. The standard InChI is InChI=1S/C9H9N3OS/c10-9(13)12(14)7-1-2-8-6(5-7)3-4-11-8/h1-5,11,14H,(H2,10,13). The van der Waals surface area contributed by atoms with Gasteiger partial charge < -0.3 is 10.7 Å². The summed E-state index contributed by atoms with van der Waals surface area (Å²) in [5.41, 5.74) is 6.76. The van der Waals surface area contributed by atoms with Gasteiger partial charge in [-0.15, -0.1) is 0 Å². The summed E-state index contributed by atoms with van der Waals surface area (Å²) in [5.74, 6) is 0. The van der Waals surface area contributed by atoms with Gasteiger partial charge >= 0.3 is 6.03 Å². The molecule has 0 saturated carbocycles. The van der Waals surface area contributed by atoms with Gasteiger partial charge in [0.1, 0.15) is 0 Å². The highest BCUT2D eigenvalue weighted by Crippen LogP contribution is 2.22. The number of amides is 2. The minimum Gasteiger partial charge on any atom is -0.361 e. The molecule has 0 spiro atoms. The number of primary amides is 1. The highest BCUT2D eigenvalue weighted by Gasteiger charge is 2.07. The van der Waals surface area contributed by atoms with Crippen molar-refractivity contribution in [3.05, 3.63) is 30.5 Å². The Hall–Kier alpha value is -1.62. The van der Waals surface area contributed by atoms with Crippen molar-refractivity contribution in [1.82, 2.24) is 4.98 Å². The van der Waals surface area contributed by atoms with E-state index in [9.17, 15) is 4.79 Å². The lowest BCUT2D eigenvalue weighted by atomic mass is 10.2. The fourth-order valence-electron chi connectivity index (χ4n) is 1.30. The molecule has 2 aromatic rings. The number of rotatable bonds is 1. The van der Waals surface area contributed by atoms with Crippen LogP contribution in [-0.2, 0) is 0 Å². The average Bonchev–Trinajstić information content (AvgIpc) is 2.62. The Bertz CT molecular complexity index is 480. The third-order valence-corrected chi connectivity index (χ3v) is 2.42. The first-order valence-corrected chi connectivity index (χ1v) is 4.44. The van der Waals surface area contributed by atoms with Crippen molar-refractivity contribution in [3.63, 3.8) is 0 Å². The minimum atomic E-state index is -0.594. The highest BCUT2D eigenvalue weighted by molar-refractivity contribution is 7.82. The van der Waals surface area contributed by atoms with E-state index in [2.05, 4.69) is 17.8 Å². The Balaban J connectivity index is 2.48. The topological polar surface area (TPSA) is 62.1 Å². The predicted octanol–water partition coefficient (Wildman–Crippen LogP) is 1.90. The van der Waals surface area contributed by atoms with E-state index in [0.717, 1.165) is 15.2 Å². The first kappa shape index (κ1) is 8.96. The number of aromatic nitrogens is 1. The summed E-state index contributed by atoms with van der Waals surface area (Å²) >= 11 is 3.97. The summed E-state index contributed by atoms with van der Waals surface area (Å²) in [6.07, 6.45) is 1.83. The number of H-pyrrole nitrogens is 1. The van der Waals surface area contributed by atoms with Gasteiger partial charge in [0.15, 0.2) is 0 Å². The predicted molar refractivity (Wildman–Crippen MR) is 59.3 cm³/mol. The first-order chi connectivity index (χ1) is 6.68. The van der Waals surface area contributed by atoms with Crippen molar-refractivity contribution in [1.29, 1.82) is 0 Å². The normalized spacial score (nSPS) is 10.4. The number of carbonyl (C=O) groups is 1. The number of hydrogen-bond acceptors (Lipinski definition) is 2. The van der Waals surface area contributed by atoms with Gasteiger partial charge in [-0.1, -0.05) is 12.8 Å². The molecule has 2 amide bonds. The molecule has 4 nitrogen and oxygen atoms in total. The van der Waals surface area contributed by atoms with Crippen molar-refractivity contribution in [3.8, 4) is 0 Å². The van der Waals surface area contributed by atoms with Crippen LogP contribution in [-0.4, -0.2) is 11.0 Å². The highest BCUT2D eigenvalue weighted by atomic mass is 32.1. The number of fused-ring (bicyclic) bond motifs is 1. The molecule has 0 saturated heterocycles. The fourth-order valence-corrected chi connectivity index (χ4v) is 1.42. The molecule has 0 aliphatic rings. The Morgan fingerprint density at radius 1 is 1.43 bits per heavy atom. The quantitative estimate of drug-likeness (QED) is 0.614. The van der Waals surface area contributed by atoms with Crippen LogP contribution in [0.5, 0.6) is 0 Å². The fraction of sp³-hybridized carbons (Fsp3) is 0. The lowest BCUT2D eigenvalue weighted by molar-refractivity contribution is 0.257. The van der Waals surface area contributed by atoms with Crippen LogP contribution in [0.15, 0.2) is 30.5 Å². The summed E-state index contributed by atoms with van der Waals surface area (Å²) in [7, 11) is 0. The molecule has 14 heavy (non-hydrogen) atoms. The van der Waals surface area contributed by atoms with Crippen LogP contribution in [0, 0.1) is 0 Å². The number of nitrogens with one attached hydrogen (secondary N) is 1. The van der Waals surface area contributed by atoms with E-state index in [1.807, 2.05) is 24.4 Å². The van der Waals surface area contributed by atoms with Crippen LogP contribution in [0.25, 0.3) is 10.9 Å². The largest absolute Gasteiger partial charge is 0.361 e. The van der Waals surface area contributed by atoms with Crippen LogP contribution in [0.3, 0.4) is 0 Å². The molecular formula is C9H9N3OS. The number of thiol groups is 1. The number of nitrogens with two attached hydrogens (primary N) is 1. The molecule has 0 unspecified atom stereocenters. The van der Waals surface area contributed by atoms with Crippen molar-refractivity contribution in [2.45, 2.75) is 0 Å². The zero-order chi connectivity index (χ0) is 10.1. The number of hydrogen-bond donors (Lipinski definition) is 3. The molecule has 5 heteroatoms. The number of aromatic amines is 1. The second kappa shape index (κ2) is 3.26. The zero-order valence-electron chi connectivity index (χ0n) is 7.27. The molecule has 1 aromatic heterocycles. The van der Waals surface area contributed by atoms with E-state index < -0.39 is 6.03 Å². The molecule has 0 aliphatic carbocycles. The van der Waals surface area contributed by atoms with E-state index in [4.69, 9.17) is 5.73 Å². The lowest BCUT2D eigenvalue weighted by Crippen LogP contribution is -2.27. The van der Waals surface area contributed by atoms with Crippen molar-refractivity contribution < 1.29 is 4.79 Å². The van der Waals surface area contributed by atoms with Crippen molar-refractivity contribution in [2.75, 3.05) is 4.31 Å². The van der Waals surface area contributed by atoms with E-state index in [0.29, 0.717) is 5.69 Å². The Morgan fingerprint density at radius 3 is 2.93 bits per heavy atom. The second-order valence-electron chi connectivity index (χ2n) is 2.90. The Morgan fingerprint density at radius 2 is 2.21 bits per heavy atom. The summed E-state index contributed by atoms with van der Waals surface area (Å²) in [6, 6.07) is 6.81. The second-order valence-corrected chi connectivity index (χ2v) is 3.30. The van der Waals surface area contributed by atoms with Gasteiger partial charge in [-0.2, -0.15) is 0 Å². The summed E-state index contributed by atoms with van der Waals surface area (Å²) in [6.45, 7) is 0. The van der Waals surface area contributed by atoms with E-state index in [-0.39, 0.29) is 0 Å². The molecule has 1 heterocycles. The maximum atomic E-state index is 10.8. The maximum Gasteiger partial charge on any atom is 0.329 e. The number of urea groups is 1. The van der Waals surface area contributed by atoms with Crippen LogP contribution < -0.4 is 10.0 Å². The zero-order valence-corrected chi connectivity index (χ0v) is 8.16. The lowest BCUT2D eigenvalue weighted by Gasteiger charge is -2.12. The molecule has 3 N–H and O–H groups in total. The third-order valence-electron chi connectivity index (χ3n) is 1.99. The van der Waals surface area contributed by atoms with Crippen molar-refractivity contribution >= 4 is 35.4 Å². The van der Waals surface area contributed by atoms with Crippen LogP contribution >= 0.6 is 12.8 Å². The first-order valence-electron chi connectivity index (χ1n) is 4.04. The molecule has 0 atom stereocenters. The molecule has 0 radical (unpaired) electrons. The molecule has 1 aromatic carbocycles. The summed E-state index contributed by atoms with van der Waals surface area (Å²) < 4.78 is 1.10. The third kappa shape index (κ3) is 1.42. The van der Waals surface area contributed by atoms with E-state index >= 15 is 0 Å². The molecule has 0 fully saturated rings. The SMILES string of the molecule is NC(=O)N(S)c1ccc2[nH]ccc2c1. The number of benzene rings is 1. The molecule has 2 rings (SSSR count). The van der Waals surface area contributed by atoms with Crippen molar-refractivity contribution in [2.24, 2.45) is 5.73 Å². The molecule has 0 bridgehead atoms. The summed E-state index contributed by atoms with van der Waals surface area (Å²) in [5, 5.41) is 1.02. The van der Waals surface area contributed by atoms with Gasteiger partial charge in [0, 0.05) is 17.1 Å². The van der Waals surface area contributed by atoms with Crippen LogP contribution in [0.2, 0.25) is 0 Å². The minimum absolute atomic E-state index is 0.594. The number of carbonyl (C=O) groups excluding carboxylic acids is 1. The van der Waals surface area contributed by atoms with Gasteiger partial charge in [0.2, 0.25) is 0 Å². The number of nitrogens with zero attached hydrogens (tertiary/aromatic N) is 1. The van der Waals surface area contributed by atoms with Gasteiger partial charge in [0.25, 0.3) is 0 Å².